The van der Waals surface area contributed by atoms with E-state index in [0.29, 0.717) is 12.8 Å². The van der Waals surface area contributed by atoms with E-state index >= 15 is 0 Å². The number of carbonyl (C=O) groups excluding carboxylic acids is 4. The fourth-order valence-corrected chi connectivity index (χ4v) is 2.33. The van der Waals surface area contributed by atoms with Crippen molar-refractivity contribution in [2.45, 2.75) is 57.5 Å². The number of ketones is 1. The molecule has 1 N–H and O–H groups in total. The SMILES string of the molecule is CCC(OC(=O)CNC(=O)C(F)(F)F)OC(=O)N(C)[C@@H]1CCCCC1=O. The molecule has 1 aliphatic carbocycles. The number of Topliss-reactive ketones (excluding diaryl/α,β-unsaturated/α-hetero) is 1. The predicted molar refractivity (Wildman–Crippen MR) is 80.7 cm³/mol. The van der Waals surface area contributed by atoms with Crippen LogP contribution in [-0.4, -0.2) is 60.8 Å². The summed E-state index contributed by atoms with van der Waals surface area (Å²) in [6, 6.07) is -0.615. The lowest BCUT2D eigenvalue weighted by Gasteiger charge is -2.30. The van der Waals surface area contributed by atoms with Gasteiger partial charge in [0.25, 0.3) is 0 Å². The Balaban J connectivity index is 2.50. The zero-order chi connectivity index (χ0) is 19.9. The van der Waals surface area contributed by atoms with Crippen LogP contribution in [0.2, 0.25) is 0 Å². The molecule has 2 atom stereocenters. The van der Waals surface area contributed by atoms with Crippen molar-refractivity contribution in [1.82, 2.24) is 10.2 Å². The van der Waals surface area contributed by atoms with Crippen molar-refractivity contribution in [2.75, 3.05) is 13.6 Å². The van der Waals surface area contributed by atoms with Crippen molar-refractivity contribution in [3.8, 4) is 0 Å². The van der Waals surface area contributed by atoms with Gasteiger partial charge in [0, 0.05) is 19.9 Å². The second-order valence-electron chi connectivity index (χ2n) is 5.73. The molecule has 0 heterocycles. The number of likely N-dealkylation sites (N-methyl/N-ethyl adjacent to an activating group) is 1. The average molecular weight is 382 g/mol. The Morgan fingerprint density at radius 1 is 1.27 bits per heavy atom. The summed E-state index contributed by atoms with van der Waals surface area (Å²) in [6.45, 7) is 0.495. The Morgan fingerprint density at radius 2 is 1.92 bits per heavy atom. The Hall–Kier alpha value is -2.33. The van der Waals surface area contributed by atoms with Crippen molar-refractivity contribution in [2.24, 2.45) is 0 Å². The van der Waals surface area contributed by atoms with Crippen LogP contribution in [0.3, 0.4) is 0 Å². The van der Waals surface area contributed by atoms with Crippen LogP contribution in [0.4, 0.5) is 18.0 Å². The van der Waals surface area contributed by atoms with Gasteiger partial charge in [0.2, 0.25) is 6.29 Å². The summed E-state index contributed by atoms with van der Waals surface area (Å²) in [5.74, 6) is -3.57. The zero-order valence-corrected chi connectivity index (χ0v) is 14.4. The summed E-state index contributed by atoms with van der Waals surface area (Å²) < 4.78 is 45.8. The molecule has 0 radical (unpaired) electrons. The third-order valence-corrected chi connectivity index (χ3v) is 3.76. The minimum atomic E-state index is -5.12. The highest BCUT2D eigenvalue weighted by molar-refractivity contribution is 5.88. The Morgan fingerprint density at radius 3 is 2.46 bits per heavy atom. The van der Waals surface area contributed by atoms with E-state index in [9.17, 15) is 32.3 Å². The molecule has 1 fully saturated rings. The second-order valence-corrected chi connectivity index (χ2v) is 5.73. The van der Waals surface area contributed by atoms with Crippen LogP contribution in [0.15, 0.2) is 0 Å². The number of amides is 2. The molecule has 0 aromatic rings. The first-order chi connectivity index (χ1) is 12.1. The Kier molecular flexibility index (Phi) is 7.84. The van der Waals surface area contributed by atoms with Gasteiger partial charge >= 0.3 is 24.1 Å². The molecule has 0 saturated heterocycles. The Bertz CT molecular complexity index is 552. The highest BCUT2D eigenvalue weighted by Gasteiger charge is 2.39. The van der Waals surface area contributed by atoms with E-state index < -0.39 is 43.0 Å². The summed E-state index contributed by atoms with van der Waals surface area (Å²) in [6.07, 6.45) is -4.89. The zero-order valence-electron chi connectivity index (χ0n) is 14.4. The normalized spacial score (nSPS) is 18.7. The number of carbonyl (C=O) groups is 4. The molecule has 8 nitrogen and oxygen atoms in total. The molecule has 1 rings (SSSR count). The topological polar surface area (TPSA) is 102 Å². The minimum absolute atomic E-state index is 0.0388. The predicted octanol–water partition coefficient (Wildman–Crippen LogP) is 1.52. The summed E-state index contributed by atoms with van der Waals surface area (Å²) in [5, 5.41) is 1.35. The first-order valence-corrected chi connectivity index (χ1v) is 8.07. The monoisotopic (exact) mass is 382 g/mol. The van der Waals surface area contributed by atoms with Gasteiger partial charge in [-0.25, -0.2) is 4.79 Å². The fourth-order valence-electron chi connectivity index (χ4n) is 2.33. The molecule has 148 valence electrons. The van der Waals surface area contributed by atoms with E-state index in [0.717, 1.165) is 17.7 Å². The molecule has 1 aliphatic rings. The van der Waals surface area contributed by atoms with E-state index in [1.807, 2.05) is 0 Å². The number of hydrogen-bond donors (Lipinski definition) is 1. The second kappa shape index (κ2) is 9.39. The Labute approximate surface area is 148 Å². The van der Waals surface area contributed by atoms with Crippen LogP contribution in [0.25, 0.3) is 0 Å². The smallest absolute Gasteiger partial charge is 0.424 e. The number of alkyl halides is 3. The fraction of sp³-hybridized carbons (Fsp3) is 0.733. The van der Waals surface area contributed by atoms with Crippen molar-refractivity contribution >= 4 is 23.8 Å². The van der Waals surface area contributed by atoms with Crippen molar-refractivity contribution < 1.29 is 41.8 Å². The van der Waals surface area contributed by atoms with E-state index in [2.05, 4.69) is 0 Å². The summed E-state index contributed by atoms with van der Waals surface area (Å²) >= 11 is 0. The van der Waals surface area contributed by atoms with Crippen molar-refractivity contribution in [3.63, 3.8) is 0 Å². The number of rotatable bonds is 6. The maximum Gasteiger partial charge on any atom is 0.471 e. The quantitative estimate of drug-likeness (QED) is 0.552. The molecule has 0 bridgehead atoms. The van der Waals surface area contributed by atoms with E-state index in [1.165, 1.54) is 19.3 Å². The highest BCUT2D eigenvalue weighted by atomic mass is 19.4. The standard InChI is InChI=1S/C15H21F3N2O6/c1-3-12(25-11(22)8-19-13(23)15(16,17)18)26-14(24)20(2)9-6-4-5-7-10(9)21/h9,12H,3-8H2,1-2H3,(H,19,23)/t9-,12?/m1/s1. The highest BCUT2D eigenvalue weighted by Crippen LogP contribution is 2.20. The maximum atomic E-state index is 12.1. The van der Waals surface area contributed by atoms with E-state index in [1.54, 1.807) is 0 Å². The van der Waals surface area contributed by atoms with Gasteiger partial charge in [0.1, 0.15) is 6.54 Å². The molecule has 0 aromatic heterocycles. The van der Waals surface area contributed by atoms with Crippen LogP contribution >= 0.6 is 0 Å². The van der Waals surface area contributed by atoms with E-state index in [-0.39, 0.29) is 12.2 Å². The molecule has 11 heteroatoms. The lowest BCUT2D eigenvalue weighted by molar-refractivity contribution is -0.177. The molecule has 1 saturated carbocycles. The number of nitrogens with one attached hydrogen (secondary N) is 1. The van der Waals surface area contributed by atoms with Crippen LogP contribution in [-0.2, 0) is 23.9 Å². The molecular weight excluding hydrogens is 361 g/mol. The average Bonchev–Trinajstić information content (AvgIpc) is 2.57. The van der Waals surface area contributed by atoms with Gasteiger partial charge in [0.15, 0.2) is 5.78 Å². The molecule has 0 aromatic carbocycles. The first kappa shape index (κ1) is 21.7. The van der Waals surface area contributed by atoms with Gasteiger partial charge in [-0.05, 0) is 12.8 Å². The molecule has 26 heavy (non-hydrogen) atoms. The minimum Gasteiger partial charge on any atom is -0.424 e. The van der Waals surface area contributed by atoms with Crippen LogP contribution in [0.1, 0.15) is 39.0 Å². The van der Waals surface area contributed by atoms with Crippen LogP contribution < -0.4 is 5.32 Å². The van der Waals surface area contributed by atoms with Gasteiger partial charge in [-0.15, -0.1) is 0 Å². The molecular formula is C15H21F3N2O6. The maximum absolute atomic E-state index is 12.1. The van der Waals surface area contributed by atoms with Gasteiger partial charge < -0.3 is 19.7 Å². The number of halogens is 3. The molecule has 0 spiro atoms. The van der Waals surface area contributed by atoms with Crippen LogP contribution in [0.5, 0.6) is 0 Å². The largest absolute Gasteiger partial charge is 0.471 e. The molecule has 2 amide bonds. The van der Waals surface area contributed by atoms with Crippen molar-refractivity contribution in [1.29, 1.82) is 0 Å². The van der Waals surface area contributed by atoms with Gasteiger partial charge in [0.05, 0.1) is 6.04 Å². The summed E-state index contributed by atoms with van der Waals surface area (Å²) in [7, 11) is 1.38. The lowest BCUT2D eigenvalue weighted by Crippen LogP contribution is -2.45. The summed E-state index contributed by atoms with van der Waals surface area (Å²) in [4.78, 5) is 47.1. The summed E-state index contributed by atoms with van der Waals surface area (Å²) in [5.41, 5.74) is 0. The number of ether oxygens (including phenoxy) is 2. The van der Waals surface area contributed by atoms with Gasteiger partial charge in [-0.3, -0.25) is 14.4 Å². The number of esters is 1. The van der Waals surface area contributed by atoms with Gasteiger partial charge in [-0.1, -0.05) is 13.3 Å². The first-order valence-electron chi connectivity index (χ1n) is 8.07. The third-order valence-electron chi connectivity index (χ3n) is 3.76. The molecule has 0 aliphatic heterocycles. The van der Waals surface area contributed by atoms with Crippen LogP contribution in [0, 0.1) is 0 Å². The third kappa shape index (κ3) is 6.52. The lowest BCUT2D eigenvalue weighted by atomic mass is 9.93. The van der Waals surface area contributed by atoms with Crippen molar-refractivity contribution in [3.05, 3.63) is 0 Å². The number of hydrogen-bond acceptors (Lipinski definition) is 6. The number of nitrogens with zero attached hydrogens (tertiary/aromatic N) is 1. The van der Waals surface area contributed by atoms with Gasteiger partial charge in [-0.2, -0.15) is 13.2 Å². The van der Waals surface area contributed by atoms with E-state index in [4.69, 9.17) is 9.47 Å². The molecule has 1 unspecified atom stereocenters.